The summed E-state index contributed by atoms with van der Waals surface area (Å²) in [5, 5.41) is 17.6. The number of hydrogen-bond acceptors (Lipinski definition) is 3. The number of benzene rings is 2. The van der Waals surface area contributed by atoms with Gasteiger partial charge in [-0.1, -0.05) is 36.4 Å². The number of aliphatic hydroxyl groups excluding tert-OH is 1. The molecule has 0 saturated carbocycles. The fourth-order valence-electron chi connectivity index (χ4n) is 2.34. The zero-order chi connectivity index (χ0) is 16.7. The number of carbonyl (C=O) groups is 2. The van der Waals surface area contributed by atoms with E-state index < -0.39 is 6.10 Å². The van der Waals surface area contributed by atoms with Gasteiger partial charge in [-0.25, -0.2) is 0 Å². The van der Waals surface area contributed by atoms with Crippen molar-refractivity contribution in [3.63, 3.8) is 0 Å². The van der Waals surface area contributed by atoms with Gasteiger partial charge in [0.15, 0.2) is 0 Å². The average Bonchev–Trinajstić information content (AvgIpc) is 2.57. The van der Waals surface area contributed by atoms with Crippen LogP contribution in [0, 0.1) is 0 Å². The van der Waals surface area contributed by atoms with Crippen molar-refractivity contribution in [1.82, 2.24) is 10.6 Å². The fourth-order valence-corrected chi connectivity index (χ4v) is 2.34. The molecule has 3 N–H and O–H groups in total. The Morgan fingerprint density at radius 3 is 2.35 bits per heavy atom. The van der Waals surface area contributed by atoms with Gasteiger partial charge in [0.2, 0.25) is 11.8 Å². The Kier molecular flexibility index (Phi) is 6.11. The van der Waals surface area contributed by atoms with Gasteiger partial charge >= 0.3 is 0 Å². The summed E-state index contributed by atoms with van der Waals surface area (Å²) in [4.78, 5) is 23.0. The van der Waals surface area contributed by atoms with E-state index in [1.807, 2.05) is 49.4 Å². The predicted octanol–water partition coefficient (Wildman–Crippen LogP) is 1.91. The molecule has 0 fully saturated rings. The molecule has 1 unspecified atom stereocenters. The number of fused-ring (bicyclic) bond motifs is 1. The third kappa shape index (κ3) is 5.07. The standard InChI is InChI=1S/C18H22N2O3/c1-2-19-17(22)9-10-18(23)20-12-16(21)15-8-7-13-5-3-4-6-14(13)11-15/h3-8,11,16,21H,2,9-10,12H2,1H3,(H,19,22)(H,20,23). The second kappa shape index (κ2) is 8.29. The van der Waals surface area contributed by atoms with E-state index in [9.17, 15) is 14.7 Å². The lowest BCUT2D eigenvalue weighted by atomic mass is 10.0. The molecule has 2 rings (SSSR count). The number of rotatable bonds is 7. The average molecular weight is 314 g/mol. The molecule has 1 atom stereocenters. The molecule has 2 aromatic rings. The van der Waals surface area contributed by atoms with Gasteiger partial charge in [-0.2, -0.15) is 0 Å². The lowest BCUT2D eigenvalue weighted by molar-refractivity contribution is -0.126. The highest BCUT2D eigenvalue weighted by Crippen LogP contribution is 2.20. The van der Waals surface area contributed by atoms with Gasteiger partial charge < -0.3 is 15.7 Å². The van der Waals surface area contributed by atoms with E-state index in [0.717, 1.165) is 16.3 Å². The minimum absolute atomic E-state index is 0.121. The van der Waals surface area contributed by atoms with Crippen LogP contribution >= 0.6 is 0 Å². The SMILES string of the molecule is CCNC(=O)CCC(=O)NCC(O)c1ccc2ccccc2c1. The van der Waals surface area contributed by atoms with Gasteiger partial charge in [-0.3, -0.25) is 9.59 Å². The number of aliphatic hydroxyl groups is 1. The monoisotopic (exact) mass is 314 g/mol. The van der Waals surface area contributed by atoms with Crippen LogP contribution in [0.4, 0.5) is 0 Å². The van der Waals surface area contributed by atoms with Crippen LogP contribution in [0.1, 0.15) is 31.4 Å². The molecule has 122 valence electrons. The second-order valence-electron chi connectivity index (χ2n) is 5.38. The largest absolute Gasteiger partial charge is 0.387 e. The first kappa shape index (κ1) is 17.0. The first-order valence-electron chi connectivity index (χ1n) is 7.80. The molecule has 0 bridgehead atoms. The Balaban J connectivity index is 1.84. The summed E-state index contributed by atoms with van der Waals surface area (Å²) in [7, 11) is 0. The van der Waals surface area contributed by atoms with E-state index >= 15 is 0 Å². The van der Waals surface area contributed by atoms with Crippen molar-refractivity contribution in [2.75, 3.05) is 13.1 Å². The van der Waals surface area contributed by atoms with Gasteiger partial charge in [-0.05, 0) is 29.3 Å². The number of nitrogens with one attached hydrogen (secondary N) is 2. The number of amides is 2. The maximum absolute atomic E-state index is 11.7. The second-order valence-corrected chi connectivity index (χ2v) is 5.38. The Morgan fingerprint density at radius 1 is 1.00 bits per heavy atom. The Morgan fingerprint density at radius 2 is 1.65 bits per heavy atom. The molecule has 5 nitrogen and oxygen atoms in total. The van der Waals surface area contributed by atoms with Crippen molar-refractivity contribution in [3.8, 4) is 0 Å². The van der Waals surface area contributed by atoms with Crippen LogP contribution in [0.15, 0.2) is 42.5 Å². The summed E-state index contributed by atoms with van der Waals surface area (Å²) in [6, 6.07) is 13.6. The Hall–Kier alpha value is -2.40. The molecule has 0 saturated heterocycles. The molecule has 23 heavy (non-hydrogen) atoms. The van der Waals surface area contributed by atoms with E-state index in [-0.39, 0.29) is 31.2 Å². The highest BCUT2D eigenvalue weighted by atomic mass is 16.3. The third-order valence-corrected chi connectivity index (χ3v) is 3.60. The minimum Gasteiger partial charge on any atom is -0.387 e. The first-order chi connectivity index (χ1) is 11.1. The Bertz CT molecular complexity index is 685. The van der Waals surface area contributed by atoms with E-state index in [2.05, 4.69) is 10.6 Å². The molecule has 0 aliphatic carbocycles. The van der Waals surface area contributed by atoms with E-state index in [4.69, 9.17) is 0 Å². The summed E-state index contributed by atoms with van der Waals surface area (Å²) >= 11 is 0. The van der Waals surface area contributed by atoms with Gasteiger partial charge in [0, 0.05) is 25.9 Å². The molecule has 0 heterocycles. The molecule has 0 aliphatic rings. The summed E-state index contributed by atoms with van der Waals surface area (Å²) < 4.78 is 0. The first-order valence-corrected chi connectivity index (χ1v) is 7.80. The van der Waals surface area contributed by atoms with Gasteiger partial charge in [0.25, 0.3) is 0 Å². The molecule has 2 amide bonds. The smallest absolute Gasteiger partial charge is 0.220 e. The summed E-state index contributed by atoms with van der Waals surface area (Å²) in [6.07, 6.45) is -0.491. The molecule has 0 aliphatic heterocycles. The van der Waals surface area contributed by atoms with Crippen LogP contribution in [-0.4, -0.2) is 30.0 Å². The number of carbonyl (C=O) groups excluding carboxylic acids is 2. The molecular weight excluding hydrogens is 292 g/mol. The van der Waals surface area contributed by atoms with Crippen LogP contribution < -0.4 is 10.6 Å². The lowest BCUT2D eigenvalue weighted by Gasteiger charge is -2.13. The van der Waals surface area contributed by atoms with Crippen LogP contribution in [0.5, 0.6) is 0 Å². The van der Waals surface area contributed by atoms with Crippen LogP contribution in [-0.2, 0) is 9.59 Å². The van der Waals surface area contributed by atoms with E-state index in [1.165, 1.54) is 0 Å². The predicted molar refractivity (Wildman–Crippen MR) is 89.8 cm³/mol. The van der Waals surface area contributed by atoms with Gasteiger partial charge in [0.1, 0.15) is 0 Å². The molecule has 5 heteroatoms. The third-order valence-electron chi connectivity index (χ3n) is 3.60. The zero-order valence-electron chi connectivity index (χ0n) is 13.2. The van der Waals surface area contributed by atoms with Gasteiger partial charge in [0.05, 0.1) is 6.10 Å². The Labute approximate surface area is 135 Å². The molecule has 0 aromatic heterocycles. The van der Waals surface area contributed by atoms with E-state index in [1.54, 1.807) is 0 Å². The minimum atomic E-state index is -0.770. The van der Waals surface area contributed by atoms with Crippen molar-refractivity contribution in [2.45, 2.75) is 25.9 Å². The topological polar surface area (TPSA) is 78.4 Å². The summed E-state index contributed by atoms with van der Waals surface area (Å²) in [6.45, 7) is 2.52. The van der Waals surface area contributed by atoms with Crippen molar-refractivity contribution >= 4 is 22.6 Å². The lowest BCUT2D eigenvalue weighted by Crippen LogP contribution is -2.30. The summed E-state index contributed by atoms with van der Waals surface area (Å²) in [5.41, 5.74) is 0.757. The highest BCUT2D eigenvalue weighted by Gasteiger charge is 2.11. The quantitative estimate of drug-likeness (QED) is 0.730. The van der Waals surface area contributed by atoms with Crippen molar-refractivity contribution in [2.24, 2.45) is 0 Å². The maximum Gasteiger partial charge on any atom is 0.220 e. The highest BCUT2D eigenvalue weighted by molar-refractivity contribution is 5.84. The van der Waals surface area contributed by atoms with Crippen LogP contribution in [0.25, 0.3) is 10.8 Å². The van der Waals surface area contributed by atoms with Crippen molar-refractivity contribution in [3.05, 3.63) is 48.0 Å². The zero-order valence-corrected chi connectivity index (χ0v) is 13.2. The van der Waals surface area contributed by atoms with E-state index in [0.29, 0.717) is 6.54 Å². The molecular formula is C18H22N2O3. The van der Waals surface area contributed by atoms with Gasteiger partial charge in [-0.15, -0.1) is 0 Å². The fraction of sp³-hybridized carbons (Fsp3) is 0.333. The van der Waals surface area contributed by atoms with Crippen LogP contribution in [0.3, 0.4) is 0 Å². The van der Waals surface area contributed by atoms with Crippen LogP contribution in [0.2, 0.25) is 0 Å². The maximum atomic E-state index is 11.7. The molecule has 2 aromatic carbocycles. The summed E-state index contributed by atoms with van der Waals surface area (Å²) in [5.74, 6) is -0.381. The molecule has 0 spiro atoms. The molecule has 0 radical (unpaired) electrons. The normalized spacial score (nSPS) is 11.9. The van der Waals surface area contributed by atoms with Crippen molar-refractivity contribution in [1.29, 1.82) is 0 Å². The van der Waals surface area contributed by atoms with Crippen molar-refractivity contribution < 1.29 is 14.7 Å². The number of hydrogen-bond donors (Lipinski definition) is 3.